The number of esters is 2. The van der Waals surface area contributed by atoms with Gasteiger partial charge in [-0.3, -0.25) is 4.79 Å². The van der Waals surface area contributed by atoms with Gasteiger partial charge in [-0.15, -0.1) is 10.2 Å². The lowest BCUT2D eigenvalue weighted by Gasteiger charge is -2.25. The van der Waals surface area contributed by atoms with E-state index in [9.17, 15) is 14.4 Å². The van der Waals surface area contributed by atoms with Crippen LogP contribution in [0.5, 0.6) is 0 Å². The van der Waals surface area contributed by atoms with Gasteiger partial charge in [0.15, 0.2) is 5.78 Å². The lowest BCUT2D eigenvalue weighted by Crippen LogP contribution is -2.38. The third-order valence-electron chi connectivity index (χ3n) is 3.50. The van der Waals surface area contributed by atoms with Crippen molar-refractivity contribution in [3.05, 3.63) is 11.4 Å². The van der Waals surface area contributed by atoms with Gasteiger partial charge in [0.05, 0.1) is 20.8 Å². The summed E-state index contributed by atoms with van der Waals surface area (Å²) in [6.45, 7) is 0.212. The average molecular weight is 311 g/mol. The minimum atomic E-state index is -0.850. The molecular formula is C12H13N3O7. The molecule has 3 heterocycles. The van der Waals surface area contributed by atoms with E-state index >= 15 is 0 Å². The molecule has 2 aliphatic rings. The first-order valence-electron chi connectivity index (χ1n) is 6.48. The summed E-state index contributed by atoms with van der Waals surface area (Å²) in [5, 5.41) is 7.93. The Labute approximate surface area is 124 Å². The van der Waals surface area contributed by atoms with Gasteiger partial charge < -0.3 is 18.9 Å². The minimum Gasteiger partial charge on any atom is -0.464 e. The topological polar surface area (TPSA) is 119 Å². The van der Waals surface area contributed by atoms with Crippen LogP contribution in [0.2, 0.25) is 0 Å². The molecule has 0 aromatic carbocycles. The Morgan fingerprint density at radius 1 is 1.18 bits per heavy atom. The molecule has 2 saturated heterocycles. The number of nitrogens with zero attached hydrogens (tertiary/aromatic N) is 3. The molecule has 0 unspecified atom stereocenters. The Morgan fingerprint density at radius 2 is 1.77 bits per heavy atom. The number of hydrogen-bond acceptors (Lipinski definition) is 9. The van der Waals surface area contributed by atoms with Crippen LogP contribution in [0.4, 0.5) is 0 Å². The number of carbonyl (C=O) groups is 3. The maximum Gasteiger partial charge on any atom is 0.361 e. The molecule has 118 valence electrons. The van der Waals surface area contributed by atoms with Gasteiger partial charge in [0.25, 0.3) is 0 Å². The SMILES string of the molecule is COC(=O)c1nn([C@H]2CC(=O)[C@@H]3OC[C@H]2O3)nc1C(=O)OC. The number of rotatable bonds is 3. The van der Waals surface area contributed by atoms with Crippen molar-refractivity contribution in [2.45, 2.75) is 24.9 Å². The molecule has 22 heavy (non-hydrogen) atoms. The molecule has 10 heteroatoms. The van der Waals surface area contributed by atoms with Gasteiger partial charge in [-0.25, -0.2) is 9.59 Å². The largest absolute Gasteiger partial charge is 0.464 e. The summed E-state index contributed by atoms with van der Waals surface area (Å²) in [5.74, 6) is -1.89. The molecule has 0 N–H and O–H groups in total. The van der Waals surface area contributed by atoms with Crippen LogP contribution < -0.4 is 0 Å². The van der Waals surface area contributed by atoms with Crippen molar-refractivity contribution in [1.82, 2.24) is 15.0 Å². The zero-order valence-corrected chi connectivity index (χ0v) is 11.8. The Hall–Kier alpha value is -2.33. The highest BCUT2D eigenvalue weighted by molar-refractivity contribution is 6.00. The van der Waals surface area contributed by atoms with Crippen LogP contribution >= 0.6 is 0 Å². The van der Waals surface area contributed by atoms with E-state index in [4.69, 9.17) is 9.47 Å². The van der Waals surface area contributed by atoms with Gasteiger partial charge in [-0.2, -0.15) is 4.80 Å². The van der Waals surface area contributed by atoms with Gasteiger partial charge in [0.1, 0.15) is 12.1 Å². The molecule has 2 fully saturated rings. The molecule has 3 atom stereocenters. The van der Waals surface area contributed by atoms with Crippen molar-refractivity contribution in [1.29, 1.82) is 0 Å². The fraction of sp³-hybridized carbons (Fsp3) is 0.583. The summed E-state index contributed by atoms with van der Waals surface area (Å²) in [7, 11) is 2.32. The van der Waals surface area contributed by atoms with E-state index in [0.717, 1.165) is 19.0 Å². The normalized spacial score (nSPS) is 26.8. The number of hydrogen-bond donors (Lipinski definition) is 0. The first kappa shape index (κ1) is 14.6. The molecule has 0 radical (unpaired) electrons. The highest BCUT2D eigenvalue weighted by Gasteiger charge is 2.45. The van der Waals surface area contributed by atoms with Crippen LogP contribution in [-0.4, -0.2) is 65.9 Å². The van der Waals surface area contributed by atoms with Crippen LogP contribution in [0.1, 0.15) is 33.4 Å². The number of methoxy groups -OCH3 is 2. The summed E-state index contributed by atoms with van der Waals surface area (Å²) in [6, 6.07) is -0.562. The Morgan fingerprint density at radius 3 is 2.32 bits per heavy atom. The van der Waals surface area contributed by atoms with Crippen LogP contribution in [0.3, 0.4) is 0 Å². The third kappa shape index (κ3) is 2.25. The highest BCUT2D eigenvalue weighted by Crippen LogP contribution is 2.32. The summed E-state index contributed by atoms with van der Waals surface area (Å²) in [4.78, 5) is 36.3. The van der Waals surface area contributed by atoms with E-state index < -0.39 is 30.4 Å². The van der Waals surface area contributed by atoms with Crippen LogP contribution in [0.15, 0.2) is 0 Å². The second kappa shape index (κ2) is 5.46. The second-order valence-corrected chi connectivity index (χ2v) is 4.78. The van der Waals surface area contributed by atoms with E-state index in [1.54, 1.807) is 0 Å². The molecule has 10 nitrogen and oxygen atoms in total. The zero-order chi connectivity index (χ0) is 15.9. The van der Waals surface area contributed by atoms with Crippen LogP contribution in [0, 0.1) is 0 Å². The van der Waals surface area contributed by atoms with Crippen molar-refractivity contribution < 1.29 is 33.3 Å². The smallest absolute Gasteiger partial charge is 0.361 e. The number of carbonyl (C=O) groups excluding carboxylic acids is 3. The Bertz CT molecular complexity index is 607. The third-order valence-corrected chi connectivity index (χ3v) is 3.50. The lowest BCUT2D eigenvalue weighted by atomic mass is 10.0. The molecular weight excluding hydrogens is 298 g/mol. The molecule has 0 amide bonds. The molecule has 3 rings (SSSR count). The summed E-state index contributed by atoms with van der Waals surface area (Å²) >= 11 is 0. The van der Waals surface area contributed by atoms with E-state index in [-0.39, 0.29) is 30.2 Å². The summed E-state index contributed by atoms with van der Waals surface area (Å²) in [6.07, 6.45) is -1.19. The van der Waals surface area contributed by atoms with Gasteiger partial charge in [-0.1, -0.05) is 0 Å². The molecule has 2 bridgehead atoms. The van der Waals surface area contributed by atoms with Crippen molar-refractivity contribution in [2.75, 3.05) is 20.8 Å². The summed E-state index contributed by atoms with van der Waals surface area (Å²) in [5.41, 5.74) is -0.550. The predicted octanol–water partition coefficient (Wildman–Crippen LogP) is -0.893. The van der Waals surface area contributed by atoms with Crippen molar-refractivity contribution >= 4 is 17.7 Å². The number of fused-ring (bicyclic) bond motifs is 2. The average Bonchev–Trinajstić information content (AvgIpc) is 3.15. The number of ether oxygens (including phenoxy) is 4. The van der Waals surface area contributed by atoms with E-state index in [1.807, 2.05) is 0 Å². The number of Topliss-reactive ketones (excluding diaryl/α,β-unsaturated/α-hetero) is 1. The number of ketones is 1. The van der Waals surface area contributed by atoms with Crippen LogP contribution in [0.25, 0.3) is 0 Å². The van der Waals surface area contributed by atoms with Gasteiger partial charge in [-0.05, 0) is 0 Å². The molecule has 1 aromatic heterocycles. The Kier molecular flexibility index (Phi) is 3.62. The standard InChI is InChI=1S/C12H13N3O7/c1-19-10(17)8-9(11(18)20-2)14-15(13-8)5-3-6(16)12-21-4-7(5)22-12/h5,7,12H,3-4H2,1-2H3/t5-,7+,12+/m0/s1. The monoisotopic (exact) mass is 311 g/mol. The second-order valence-electron chi connectivity index (χ2n) is 4.78. The molecule has 0 saturated carbocycles. The molecule has 0 aliphatic carbocycles. The lowest BCUT2D eigenvalue weighted by molar-refractivity contribution is -0.156. The van der Waals surface area contributed by atoms with Gasteiger partial charge in [0.2, 0.25) is 17.7 Å². The maximum atomic E-state index is 11.8. The van der Waals surface area contributed by atoms with Gasteiger partial charge >= 0.3 is 11.9 Å². The fourth-order valence-electron chi connectivity index (χ4n) is 2.39. The van der Waals surface area contributed by atoms with Gasteiger partial charge in [0, 0.05) is 6.42 Å². The Balaban J connectivity index is 1.97. The first-order valence-corrected chi connectivity index (χ1v) is 6.48. The van der Waals surface area contributed by atoms with E-state index in [0.29, 0.717) is 0 Å². The first-order chi connectivity index (χ1) is 10.5. The fourth-order valence-corrected chi connectivity index (χ4v) is 2.39. The minimum absolute atomic E-state index is 0.0885. The van der Waals surface area contributed by atoms with Crippen molar-refractivity contribution in [3.8, 4) is 0 Å². The van der Waals surface area contributed by atoms with Crippen molar-refractivity contribution in [2.24, 2.45) is 0 Å². The highest BCUT2D eigenvalue weighted by atomic mass is 16.7. The quantitative estimate of drug-likeness (QED) is 0.654. The molecule has 0 spiro atoms. The number of aromatic nitrogens is 3. The molecule has 1 aromatic rings. The maximum absolute atomic E-state index is 11.8. The predicted molar refractivity (Wildman–Crippen MR) is 66.0 cm³/mol. The van der Waals surface area contributed by atoms with E-state index in [2.05, 4.69) is 19.7 Å². The van der Waals surface area contributed by atoms with E-state index in [1.165, 1.54) is 0 Å². The zero-order valence-electron chi connectivity index (χ0n) is 11.8. The van der Waals surface area contributed by atoms with Crippen LogP contribution in [-0.2, 0) is 23.7 Å². The molecule has 2 aliphatic heterocycles. The van der Waals surface area contributed by atoms with Crippen molar-refractivity contribution in [3.63, 3.8) is 0 Å². The summed E-state index contributed by atoms with van der Waals surface area (Å²) < 4.78 is 19.7.